The number of aromatic nitrogens is 1. The number of ether oxygens (including phenoxy) is 1. The highest BCUT2D eigenvalue weighted by atomic mass is 16.5. The summed E-state index contributed by atoms with van der Waals surface area (Å²) in [4.78, 5) is 17.9. The first-order chi connectivity index (χ1) is 10.2. The maximum Gasteiger partial charge on any atom is 0.336 e. The number of carboxylic acids is 1. The smallest absolute Gasteiger partial charge is 0.336 e. The van der Waals surface area contributed by atoms with E-state index in [4.69, 9.17) is 9.84 Å². The molecule has 0 unspecified atom stereocenters. The summed E-state index contributed by atoms with van der Waals surface area (Å²) in [5, 5.41) is 9.79. The van der Waals surface area contributed by atoms with Crippen LogP contribution in [0.3, 0.4) is 0 Å². The molecule has 110 valence electrons. The first-order valence-corrected chi connectivity index (χ1v) is 7.22. The summed E-state index contributed by atoms with van der Waals surface area (Å²) in [6.45, 7) is 3.82. The number of rotatable bonds is 5. The van der Waals surface area contributed by atoms with Crippen molar-refractivity contribution in [3.05, 3.63) is 35.9 Å². The Balaban J connectivity index is 1.70. The molecule has 0 aliphatic carbocycles. The van der Waals surface area contributed by atoms with Crippen molar-refractivity contribution in [3.63, 3.8) is 0 Å². The molecule has 1 fully saturated rings. The van der Waals surface area contributed by atoms with Crippen LogP contribution >= 0.6 is 0 Å². The van der Waals surface area contributed by atoms with E-state index in [0.29, 0.717) is 23.4 Å². The largest absolute Gasteiger partial charge is 0.478 e. The summed E-state index contributed by atoms with van der Waals surface area (Å²) in [5.74, 6) is -0.394. The Labute approximate surface area is 123 Å². The maximum absolute atomic E-state index is 11.2. The van der Waals surface area contributed by atoms with Gasteiger partial charge in [-0.3, -0.25) is 4.90 Å². The molecule has 0 amide bonds. The van der Waals surface area contributed by atoms with Gasteiger partial charge >= 0.3 is 5.97 Å². The number of aromatic carboxylic acids is 1. The second-order valence-electron chi connectivity index (χ2n) is 5.22. The lowest BCUT2D eigenvalue weighted by Crippen LogP contribution is -2.25. The number of likely N-dealkylation sites (tertiary alicyclic amines) is 1. The van der Waals surface area contributed by atoms with Gasteiger partial charge in [0.25, 0.3) is 0 Å². The van der Waals surface area contributed by atoms with Crippen molar-refractivity contribution in [2.45, 2.75) is 12.8 Å². The number of fused-ring (bicyclic) bond motifs is 1. The first-order valence-electron chi connectivity index (χ1n) is 7.22. The van der Waals surface area contributed by atoms with Crippen LogP contribution in [-0.2, 0) is 0 Å². The van der Waals surface area contributed by atoms with Gasteiger partial charge in [-0.1, -0.05) is 6.07 Å². The third-order valence-corrected chi connectivity index (χ3v) is 3.79. The molecule has 1 saturated heterocycles. The fourth-order valence-electron chi connectivity index (χ4n) is 2.69. The number of benzene rings is 1. The molecule has 1 N–H and O–H groups in total. The minimum Gasteiger partial charge on any atom is -0.478 e. The fourth-order valence-corrected chi connectivity index (χ4v) is 2.69. The fraction of sp³-hybridized carbons (Fsp3) is 0.375. The predicted molar refractivity (Wildman–Crippen MR) is 79.9 cm³/mol. The van der Waals surface area contributed by atoms with Crippen molar-refractivity contribution < 1.29 is 14.6 Å². The quantitative estimate of drug-likeness (QED) is 0.914. The van der Waals surface area contributed by atoms with Gasteiger partial charge in [0.05, 0.1) is 11.1 Å². The minimum atomic E-state index is -0.940. The van der Waals surface area contributed by atoms with E-state index in [9.17, 15) is 4.79 Å². The highest BCUT2D eigenvalue weighted by Crippen LogP contribution is 2.20. The molecule has 0 radical (unpaired) electrons. The molecule has 0 spiro atoms. The molecule has 21 heavy (non-hydrogen) atoms. The van der Waals surface area contributed by atoms with Crippen LogP contribution < -0.4 is 4.74 Å². The average molecular weight is 286 g/mol. The molecule has 5 heteroatoms. The molecule has 2 aromatic rings. The number of nitrogens with zero attached hydrogens (tertiary/aromatic N) is 2. The van der Waals surface area contributed by atoms with Gasteiger partial charge < -0.3 is 9.84 Å². The second kappa shape index (κ2) is 6.10. The Morgan fingerprint density at radius 1 is 1.24 bits per heavy atom. The standard InChI is InChI=1S/C16H18N2O3/c19-16(20)13-4-3-5-14-12(13)6-7-15(17-14)21-11-10-18-8-1-2-9-18/h3-7H,1-2,8-11H2,(H,19,20). The molecule has 0 bridgehead atoms. The van der Waals surface area contributed by atoms with E-state index in [2.05, 4.69) is 9.88 Å². The summed E-state index contributed by atoms with van der Waals surface area (Å²) in [6.07, 6.45) is 2.54. The second-order valence-corrected chi connectivity index (χ2v) is 5.22. The van der Waals surface area contributed by atoms with E-state index >= 15 is 0 Å². The summed E-state index contributed by atoms with van der Waals surface area (Å²) < 4.78 is 5.68. The molecule has 1 aromatic heterocycles. The normalized spacial score (nSPS) is 15.4. The Morgan fingerprint density at radius 2 is 2.05 bits per heavy atom. The Morgan fingerprint density at radius 3 is 2.81 bits per heavy atom. The van der Waals surface area contributed by atoms with Crippen LogP contribution in [0, 0.1) is 0 Å². The average Bonchev–Trinajstić information content (AvgIpc) is 2.99. The zero-order chi connectivity index (χ0) is 14.7. The first kappa shape index (κ1) is 13.8. The zero-order valence-corrected chi connectivity index (χ0v) is 11.8. The highest BCUT2D eigenvalue weighted by molar-refractivity contribution is 6.02. The van der Waals surface area contributed by atoms with Gasteiger partial charge in [0.15, 0.2) is 0 Å². The molecule has 0 saturated carbocycles. The predicted octanol–water partition coefficient (Wildman–Crippen LogP) is 2.41. The lowest BCUT2D eigenvalue weighted by molar-refractivity contribution is 0.0699. The van der Waals surface area contributed by atoms with Crippen molar-refractivity contribution >= 4 is 16.9 Å². The number of hydrogen-bond acceptors (Lipinski definition) is 4. The van der Waals surface area contributed by atoms with Crippen LogP contribution in [0.2, 0.25) is 0 Å². The van der Waals surface area contributed by atoms with E-state index in [-0.39, 0.29) is 5.56 Å². The summed E-state index contributed by atoms with van der Waals surface area (Å²) in [6, 6.07) is 8.58. The Bertz CT molecular complexity index is 651. The van der Waals surface area contributed by atoms with E-state index in [1.54, 1.807) is 30.3 Å². The van der Waals surface area contributed by atoms with E-state index < -0.39 is 5.97 Å². The number of pyridine rings is 1. The molecule has 1 aliphatic rings. The summed E-state index contributed by atoms with van der Waals surface area (Å²) >= 11 is 0. The molecule has 3 rings (SSSR count). The summed E-state index contributed by atoms with van der Waals surface area (Å²) in [7, 11) is 0. The maximum atomic E-state index is 11.2. The molecule has 5 nitrogen and oxygen atoms in total. The molecule has 1 aliphatic heterocycles. The van der Waals surface area contributed by atoms with Crippen molar-refractivity contribution in [1.82, 2.24) is 9.88 Å². The van der Waals surface area contributed by atoms with Crippen LogP contribution in [0.4, 0.5) is 0 Å². The topological polar surface area (TPSA) is 62.7 Å². The van der Waals surface area contributed by atoms with Gasteiger partial charge in [-0.15, -0.1) is 0 Å². The lowest BCUT2D eigenvalue weighted by Gasteiger charge is -2.14. The Hall–Kier alpha value is -2.14. The van der Waals surface area contributed by atoms with Gasteiger partial charge in [-0.2, -0.15) is 0 Å². The van der Waals surface area contributed by atoms with E-state index in [1.165, 1.54) is 12.8 Å². The Kier molecular flexibility index (Phi) is 4.01. The number of carbonyl (C=O) groups is 1. The van der Waals surface area contributed by atoms with Crippen LogP contribution in [-0.4, -0.2) is 47.2 Å². The van der Waals surface area contributed by atoms with Gasteiger partial charge in [0.2, 0.25) is 5.88 Å². The molecule has 0 atom stereocenters. The van der Waals surface area contributed by atoms with Crippen LogP contribution in [0.15, 0.2) is 30.3 Å². The van der Waals surface area contributed by atoms with Gasteiger partial charge in [0, 0.05) is 18.0 Å². The van der Waals surface area contributed by atoms with Crippen molar-refractivity contribution in [2.75, 3.05) is 26.2 Å². The van der Waals surface area contributed by atoms with Crippen LogP contribution in [0.5, 0.6) is 5.88 Å². The molecule has 1 aromatic carbocycles. The van der Waals surface area contributed by atoms with Gasteiger partial charge in [-0.25, -0.2) is 9.78 Å². The van der Waals surface area contributed by atoms with Crippen molar-refractivity contribution in [2.24, 2.45) is 0 Å². The minimum absolute atomic E-state index is 0.267. The zero-order valence-electron chi connectivity index (χ0n) is 11.8. The number of hydrogen-bond donors (Lipinski definition) is 1. The molecular formula is C16H18N2O3. The van der Waals surface area contributed by atoms with Crippen LogP contribution in [0.25, 0.3) is 10.9 Å². The number of carboxylic acid groups (broad SMARTS) is 1. The van der Waals surface area contributed by atoms with Crippen LogP contribution in [0.1, 0.15) is 23.2 Å². The highest BCUT2D eigenvalue weighted by Gasteiger charge is 2.12. The SMILES string of the molecule is O=C(O)c1cccc2nc(OCCN3CCCC3)ccc12. The monoisotopic (exact) mass is 286 g/mol. The van der Waals surface area contributed by atoms with Crippen molar-refractivity contribution in [3.8, 4) is 5.88 Å². The van der Waals surface area contributed by atoms with Gasteiger partial charge in [-0.05, 0) is 44.1 Å². The van der Waals surface area contributed by atoms with Crippen molar-refractivity contribution in [1.29, 1.82) is 0 Å². The third-order valence-electron chi connectivity index (χ3n) is 3.79. The van der Waals surface area contributed by atoms with E-state index in [1.807, 2.05) is 0 Å². The third kappa shape index (κ3) is 3.13. The lowest BCUT2D eigenvalue weighted by atomic mass is 10.1. The van der Waals surface area contributed by atoms with Gasteiger partial charge in [0.1, 0.15) is 6.61 Å². The molecule has 2 heterocycles. The van der Waals surface area contributed by atoms with E-state index in [0.717, 1.165) is 19.6 Å². The summed E-state index contributed by atoms with van der Waals surface area (Å²) in [5.41, 5.74) is 0.914. The molecular weight excluding hydrogens is 268 g/mol.